The van der Waals surface area contributed by atoms with Crippen LogP contribution in [0.4, 0.5) is 5.69 Å². The molecule has 122 valence electrons. The van der Waals surface area contributed by atoms with Crippen LogP contribution in [0, 0.1) is 12.8 Å². The molecular formula is C16H23NO4S. The fraction of sp³-hybridized carbons (Fsp3) is 0.562. The van der Waals surface area contributed by atoms with Crippen LogP contribution >= 0.6 is 0 Å². The molecule has 1 amide bonds. The maximum Gasteiger partial charge on any atom is 0.253 e. The molecule has 1 aromatic rings. The highest BCUT2D eigenvalue weighted by molar-refractivity contribution is 7.89. The molecule has 0 spiro atoms. The van der Waals surface area contributed by atoms with Gasteiger partial charge in [-0.05, 0) is 42.9 Å². The topological polar surface area (TPSA) is 72.5 Å². The standard InChI is InChI=1S/C16H23NO4S/c1-11-7-8-21-15(9-11)16(18)17-14-6-4-5-13(12(14)2)10-22(3,19)20/h4-6,11,15H,7-10H2,1-3H3,(H,17,18)/t11-,15-/m0/s1. The molecule has 2 rings (SSSR count). The summed E-state index contributed by atoms with van der Waals surface area (Å²) in [6, 6.07) is 5.31. The van der Waals surface area contributed by atoms with Crippen LogP contribution in [0.2, 0.25) is 0 Å². The van der Waals surface area contributed by atoms with Gasteiger partial charge in [-0.3, -0.25) is 4.79 Å². The summed E-state index contributed by atoms with van der Waals surface area (Å²) in [7, 11) is -3.11. The molecule has 1 aromatic carbocycles. The number of benzene rings is 1. The number of carbonyl (C=O) groups excluding carboxylic acids is 1. The molecule has 0 unspecified atom stereocenters. The Hall–Kier alpha value is -1.40. The predicted octanol–water partition coefficient (Wildman–Crippen LogP) is 2.29. The van der Waals surface area contributed by atoms with Gasteiger partial charge in [-0.2, -0.15) is 0 Å². The summed E-state index contributed by atoms with van der Waals surface area (Å²) in [5.74, 6) is 0.285. The third kappa shape index (κ3) is 4.55. The number of nitrogens with one attached hydrogen (secondary N) is 1. The Morgan fingerprint density at radius 3 is 2.77 bits per heavy atom. The van der Waals surface area contributed by atoms with Crippen molar-refractivity contribution in [2.75, 3.05) is 18.2 Å². The average Bonchev–Trinajstić information content (AvgIpc) is 2.42. The van der Waals surface area contributed by atoms with E-state index < -0.39 is 15.9 Å². The Morgan fingerprint density at radius 1 is 1.41 bits per heavy atom. The number of amides is 1. The number of carbonyl (C=O) groups is 1. The summed E-state index contributed by atoms with van der Waals surface area (Å²) >= 11 is 0. The smallest absolute Gasteiger partial charge is 0.253 e. The number of hydrogen-bond donors (Lipinski definition) is 1. The average molecular weight is 325 g/mol. The van der Waals surface area contributed by atoms with Crippen LogP contribution in [-0.2, 0) is 25.1 Å². The first kappa shape index (κ1) is 17.0. The monoisotopic (exact) mass is 325 g/mol. The normalized spacial score (nSPS) is 22.3. The minimum atomic E-state index is -3.11. The van der Waals surface area contributed by atoms with E-state index in [4.69, 9.17) is 4.74 Å². The van der Waals surface area contributed by atoms with Crippen molar-refractivity contribution in [2.24, 2.45) is 5.92 Å². The van der Waals surface area contributed by atoms with Crippen LogP contribution in [0.25, 0.3) is 0 Å². The van der Waals surface area contributed by atoms with Gasteiger partial charge in [0.25, 0.3) is 5.91 Å². The maximum absolute atomic E-state index is 12.3. The number of hydrogen-bond acceptors (Lipinski definition) is 4. The Kier molecular flexibility index (Phi) is 5.24. The first-order chi connectivity index (χ1) is 10.3. The minimum absolute atomic E-state index is 0.0283. The van der Waals surface area contributed by atoms with Crippen LogP contribution < -0.4 is 5.32 Å². The van der Waals surface area contributed by atoms with E-state index in [1.807, 2.05) is 6.92 Å². The molecule has 5 nitrogen and oxygen atoms in total. The lowest BCUT2D eigenvalue weighted by molar-refractivity contribution is -0.131. The predicted molar refractivity (Wildman–Crippen MR) is 86.5 cm³/mol. The maximum atomic E-state index is 12.3. The molecule has 1 saturated heterocycles. The molecular weight excluding hydrogens is 302 g/mol. The molecule has 22 heavy (non-hydrogen) atoms. The highest BCUT2D eigenvalue weighted by atomic mass is 32.2. The molecule has 1 fully saturated rings. The largest absolute Gasteiger partial charge is 0.368 e. The molecule has 0 bridgehead atoms. The van der Waals surface area contributed by atoms with Gasteiger partial charge in [0.15, 0.2) is 9.84 Å². The van der Waals surface area contributed by atoms with Crippen molar-refractivity contribution in [3.05, 3.63) is 29.3 Å². The van der Waals surface area contributed by atoms with E-state index in [1.54, 1.807) is 18.2 Å². The Morgan fingerprint density at radius 2 is 2.14 bits per heavy atom. The highest BCUT2D eigenvalue weighted by Crippen LogP contribution is 2.24. The van der Waals surface area contributed by atoms with E-state index in [-0.39, 0.29) is 11.7 Å². The van der Waals surface area contributed by atoms with Gasteiger partial charge in [-0.1, -0.05) is 19.1 Å². The van der Waals surface area contributed by atoms with Crippen LogP contribution in [-0.4, -0.2) is 33.3 Å². The van der Waals surface area contributed by atoms with Crippen molar-refractivity contribution in [1.82, 2.24) is 0 Å². The third-order valence-corrected chi connectivity index (χ3v) is 4.80. The Labute approximate surface area is 132 Å². The zero-order chi connectivity index (χ0) is 16.3. The number of anilines is 1. The summed E-state index contributed by atoms with van der Waals surface area (Å²) in [4.78, 5) is 12.3. The van der Waals surface area contributed by atoms with Crippen molar-refractivity contribution < 1.29 is 17.9 Å². The quantitative estimate of drug-likeness (QED) is 0.922. The minimum Gasteiger partial charge on any atom is -0.368 e. The fourth-order valence-corrected chi connectivity index (χ4v) is 3.49. The van der Waals surface area contributed by atoms with E-state index >= 15 is 0 Å². The lowest BCUT2D eigenvalue weighted by Gasteiger charge is -2.26. The van der Waals surface area contributed by atoms with E-state index in [2.05, 4.69) is 12.2 Å². The van der Waals surface area contributed by atoms with Crippen LogP contribution in [0.5, 0.6) is 0 Å². The van der Waals surface area contributed by atoms with Crippen LogP contribution in [0.3, 0.4) is 0 Å². The molecule has 6 heteroatoms. The van der Waals surface area contributed by atoms with Gasteiger partial charge >= 0.3 is 0 Å². The van der Waals surface area contributed by atoms with E-state index in [9.17, 15) is 13.2 Å². The van der Waals surface area contributed by atoms with Gasteiger partial charge in [-0.25, -0.2) is 8.42 Å². The summed E-state index contributed by atoms with van der Waals surface area (Å²) < 4.78 is 28.5. The van der Waals surface area contributed by atoms with Gasteiger partial charge in [-0.15, -0.1) is 0 Å². The lowest BCUT2D eigenvalue weighted by Crippen LogP contribution is -2.36. The molecule has 2 atom stereocenters. The van der Waals surface area contributed by atoms with E-state index in [0.717, 1.165) is 12.0 Å². The van der Waals surface area contributed by atoms with Gasteiger partial charge < -0.3 is 10.1 Å². The summed E-state index contributed by atoms with van der Waals surface area (Å²) in [5, 5.41) is 2.87. The SMILES string of the molecule is Cc1c(CS(C)(=O)=O)cccc1NC(=O)[C@@H]1C[C@@H](C)CCO1. The van der Waals surface area contributed by atoms with Crippen molar-refractivity contribution >= 4 is 21.4 Å². The zero-order valence-electron chi connectivity index (χ0n) is 13.3. The van der Waals surface area contributed by atoms with Gasteiger partial charge in [0.2, 0.25) is 0 Å². The molecule has 1 heterocycles. The lowest BCUT2D eigenvalue weighted by atomic mass is 9.97. The fourth-order valence-electron chi connectivity index (χ4n) is 2.62. The second-order valence-corrected chi connectivity index (χ2v) is 8.28. The molecule has 1 N–H and O–H groups in total. The second kappa shape index (κ2) is 6.79. The molecule has 0 radical (unpaired) electrons. The van der Waals surface area contributed by atoms with Gasteiger partial charge in [0.05, 0.1) is 5.75 Å². The van der Waals surface area contributed by atoms with Crippen LogP contribution in [0.15, 0.2) is 18.2 Å². The molecule has 0 aliphatic carbocycles. The second-order valence-electron chi connectivity index (χ2n) is 6.14. The Balaban J connectivity index is 2.12. The summed E-state index contributed by atoms with van der Waals surface area (Å²) in [6.45, 7) is 4.54. The van der Waals surface area contributed by atoms with E-state index in [0.29, 0.717) is 30.2 Å². The third-order valence-electron chi connectivity index (χ3n) is 3.96. The van der Waals surface area contributed by atoms with Gasteiger partial charge in [0.1, 0.15) is 6.10 Å². The number of sulfone groups is 1. The number of rotatable bonds is 4. The van der Waals surface area contributed by atoms with Crippen molar-refractivity contribution in [3.63, 3.8) is 0 Å². The Bertz CT molecular complexity index is 654. The first-order valence-corrected chi connectivity index (χ1v) is 9.51. The summed E-state index contributed by atoms with van der Waals surface area (Å²) in [5.41, 5.74) is 2.14. The van der Waals surface area contributed by atoms with Crippen molar-refractivity contribution in [1.29, 1.82) is 0 Å². The molecule has 1 aliphatic heterocycles. The number of ether oxygens (including phenoxy) is 1. The van der Waals surface area contributed by atoms with Crippen LogP contribution in [0.1, 0.15) is 30.9 Å². The van der Waals surface area contributed by atoms with Gasteiger partial charge in [0, 0.05) is 18.6 Å². The van der Waals surface area contributed by atoms with Crippen molar-refractivity contribution in [2.45, 2.75) is 38.5 Å². The highest BCUT2D eigenvalue weighted by Gasteiger charge is 2.26. The van der Waals surface area contributed by atoms with E-state index in [1.165, 1.54) is 6.26 Å². The van der Waals surface area contributed by atoms with Crippen molar-refractivity contribution in [3.8, 4) is 0 Å². The summed E-state index contributed by atoms with van der Waals surface area (Å²) in [6.07, 6.45) is 2.47. The zero-order valence-corrected chi connectivity index (χ0v) is 14.1. The first-order valence-electron chi connectivity index (χ1n) is 7.45. The molecule has 0 saturated carbocycles. The molecule has 0 aromatic heterocycles. The molecule has 1 aliphatic rings.